The van der Waals surface area contributed by atoms with Crippen molar-refractivity contribution in [2.45, 2.75) is 26.1 Å². The number of hydrogen-bond acceptors (Lipinski definition) is 6. The number of methoxy groups -OCH3 is 1. The summed E-state index contributed by atoms with van der Waals surface area (Å²) in [7, 11) is 1.47. The number of aromatic nitrogens is 3. The van der Waals surface area contributed by atoms with Crippen LogP contribution in [0.1, 0.15) is 29.8 Å². The minimum absolute atomic E-state index is 0.0501. The molecule has 0 spiro atoms. The molecule has 2 heterocycles. The first kappa shape index (κ1) is 24.0. The van der Waals surface area contributed by atoms with Gasteiger partial charge in [-0.2, -0.15) is 13.2 Å². The van der Waals surface area contributed by atoms with E-state index < -0.39 is 11.7 Å². The molecule has 2 aromatic heterocycles. The summed E-state index contributed by atoms with van der Waals surface area (Å²) in [4.78, 5) is 26.9. The first-order chi connectivity index (χ1) is 15.7. The van der Waals surface area contributed by atoms with E-state index in [1.165, 1.54) is 7.11 Å². The summed E-state index contributed by atoms with van der Waals surface area (Å²) in [6, 6.07) is 9.02. The van der Waals surface area contributed by atoms with Crippen molar-refractivity contribution in [2.75, 3.05) is 20.3 Å². The maximum atomic E-state index is 13.4. The highest BCUT2D eigenvalue weighted by Gasteiger charge is 2.31. The standard InChI is InChI=1S/C23H23F3N4O3/c1-4-30(15(2)14-33-20-10-9-17(13-27-20)23(24,25)26)21(31)19-8-6-5-7-18(19)16-11-28-22(32-3)29-12-16/h5-13,15H,4,14H2,1-3H3. The Morgan fingerprint density at radius 1 is 1.06 bits per heavy atom. The second-order valence-corrected chi connectivity index (χ2v) is 7.14. The molecule has 33 heavy (non-hydrogen) atoms. The van der Waals surface area contributed by atoms with E-state index in [0.717, 1.165) is 18.3 Å². The second-order valence-electron chi connectivity index (χ2n) is 7.14. The summed E-state index contributed by atoms with van der Waals surface area (Å²) >= 11 is 0. The third-order valence-corrected chi connectivity index (χ3v) is 4.95. The Kier molecular flexibility index (Phi) is 7.47. The Balaban J connectivity index is 1.74. The van der Waals surface area contributed by atoms with Crippen molar-refractivity contribution >= 4 is 5.91 Å². The van der Waals surface area contributed by atoms with Crippen molar-refractivity contribution in [1.82, 2.24) is 19.9 Å². The Labute approximate surface area is 189 Å². The van der Waals surface area contributed by atoms with Gasteiger partial charge in [-0.1, -0.05) is 18.2 Å². The second kappa shape index (κ2) is 10.3. The number of rotatable bonds is 8. The first-order valence-corrected chi connectivity index (χ1v) is 10.2. The van der Waals surface area contributed by atoms with Crippen molar-refractivity contribution < 1.29 is 27.4 Å². The summed E-state index contributed by atoms with van der Waals surface area (Å²) in [5.41, 5.74) is 0.940. The molecule has 10 heteroatoms. The van der Waals surface area contributed by atoms with Crippen LogP contribution in [0.5, 0.6) is 11.9 Å². The highest BCUT2D eigenvalue weighted by molar-refractivity contribution is 6.00. The van der Waals surface area contributed by atoms with Crippen LogP contribution in [0.4, 0.5) is 13.2 Å². The normalized spacial score (nSPS) is 12.2. The average Bonchev–Trinajstić information content (AvgIpc) is 2.83. The fourth-order valence-electron chi connectivity index (χ4n) is 3.22. The quantitative estimate of drug-likeness (QED) is 0.493. The number of ether oxygens (including phenoxy) is 2. The number of nitrogens with zero attached hydrogens (tertiary/aromatic N) is 4. The van der Waals surface area contributed by atoms with Gasteiger partial charge >= 0.3 is 12.2 Å². The van der Waals surface area contributed by atoms with E-state index in [2.05, 4.69) is 15.0 Å². The summed E-state index contributed by atoms with van der Waals surface area (Å²) in [6.07, 6.45) is -0.587. The van der Waals surface area contributed by atoms with E-state index in [-0.39, 0.29) is 30.4 Å². The van der Waals surface area contributed by atoms with Gasteiger partial charge in [0, 0.05) is 42.3 Å². The molecule has 1 atom stereocenters. The van der Waals surface area contributed by atoms with Gasteiger partial charge in [0.1, 0.15) is 6.61 Å². The molecule has 3 rings (SSSR count). The van der Waals surface area contributed by atoms with Gasteiger partial charge in [0.05, 0.1) is 18.7 Å². The number of benzene rings is 1. The minimum atomic E-state index is -4.47. The van der Waals surface area contributed by atoms with Crippen LogP contribution in [0.2, 0.25) is 0 Å². The van der Waals surface area contributed by atoms with Crippen LogP contribution in [-0.2, 0) is 6.18 Å². The van der Waals surface area contributed by atoms with Crippen LogP contribution in [0, 0.1) is 0 Å². The van der Waals surface area contributed by atoms with Gasteiger partial charge in [0.15, 0.2) is 0 Å². The third-order valence-electron chi connectivity index (χ3n) is 4.95. The molecule has 174 valence electrons. The Hall–Kier alpha value is -3.69. The zero-order valence-corrected chi connectivity index (χ0v) is 18.3. The van der Waals surface area contributed by atoms with Crippen molar-refractivity contribution in [2.24, 2.45) is 0 Å². The molecule has 0 saturated carbocycles. The van der Waals surface area contributed by atoms with Gasteiger partial charge in [-0.25, -0.2) is 15.0 Å². The lowest BCUT2D eigenvalue weighted by molar-refractivity contribution is -0.137. The highest BCUT2D eigenvalue weighted by atomic mass is 19.4. The molecule has 0 N–H and O–H groups in total. The average molecular weight is 460 g/mol. The predicted molar refractivity (Wildman–Crippen MR) is 115 cm³/mol. The molecule has 7 nitrogen and oxygen atoms in total. The van der Waals surface area contributed by atoms with Crippen LogP contribution in [0.15, 0.2) is 55.0 Å². The third kappa shape index (κ3) is 5.76. The Morgan fingerprint density at radius 3 is 2.33 bits per heavy atom. The zero-order valence-electron chi connectivity index (χ0n) is 18.3. The Bertz CT molecular complexity index is 1070. The molecule has 0 saturated heterocycles. The molecular weight excluding hydrogens is 437 g/mol. The maximum Gasteiger partial charge on any atom is 0.417 e. The van der Waals surface area contributed by atoms with Crippen molar-refractivity contribution in [3.8, 4) is 23.0 Å². The fourth-order valence-corrected chi connectivity index (χ4v) is 3.22. The molecule has 1 unspecified atom stereocenters. The fraction of sp³-hybridized carbons (Fsp3) is 0.304. The van der Waals surface area contributed by atoms with Crippen molar-refractivity contribution in [3.63, 3.8) is 0 Å². The van der Waals surface area contributed by atoms with Gasteiger partial charge in [-0.05, 0) is 31.5 Å². The molecule has 0 aliphatic heterocycles. The molecule has 0 fully saturated rings. The number of carbonyl (C=O) groups is 1. The van der Waals surface area contributed by atoms with E-state index >= 15 is 0 Å². The van der Waals surface area contributed by atoms with E-state index in [4.69, 9.17) is 9.47 Å². The van der Waals surface area contributed by atoms with Gasteiger partial charge in [-0.15, -0.1) is 0 Å². The lowest BCUT2D eigenvalue weighted by Crippen LogP contribution is -2.42. The summed E-state index contributed by atoms with van der Waals surface area (Å²) in [5.74, 6) is -0.172. The number of alkyl halides is 3. The maximum absolute atomic E-state index is 13.4. The first-order valence-electron chi connectivity index (χ1n) is 10.2. The molecular formula is C23H23F3N4O3. The monoisotopic (exact) mass is 460 g/mol. The number of carbonyl (C=O) groups excluding carboxylic acids is 1. The predicted octanol–water partition coefficient (Wildman–Crippen LogP) is 4.50. The van der Waals surface area contributed by atoms with E-state index in [9.17, 15) is 18.0 Å². The van der Waals surface area contributed by atoms with Gasteiger partial charge in [0.2, 0.25) is 5.88 Å². The SMILES string of the molecule is CCN(C(=O)c1ccccc1-c1cnc(OC)nc1)C(C)COc1ccc(C(F)(F)F)cn1. The highest BCUT2D eigenvalue weighted by Crippen LogP contribution is 2.29. The van der Waals surface area contributed by atoms with Crippen molar-refractivity contribution in [1.29, 1.82) is 0 Å². The van der Waals surface area contributed by atoms with Crippen LogP contribution in [0.3, 0.4) is 0 Å². The van der Waals surface area contributed by atoms with Crippen molar-refractivity contribution in [3.05, 3.63) is 66.1 Å². The van der Waals surface area contributed by atoms with Crippen LogP contribution >= 0.6 is 0 Å². The molecule has 0 aliphatic rings. The van der Waals surface area contributed by atoms with Gasteiger partial charge in [0.25, 0.3) is 5.91 Å². The molecule has 1 aromatic carbocycles. The number of pyridine rings is 1. The van der Waals surface area contributed by atoms with Crippen LogP contribution in [0.25, 0.3) is 11.1 Å². The van der Waals surface area contributed by atoms with E-state index in [1.54, 1.807) is 42.4 Å². The lowest BCUT2D eigenvalue weighted by atomic mass is 10.0. The number of hydrogen-bond donors (Lipinski definition) is 0. The number of amides is 1. The molecule has 0 bridgehead atoms. The molecule has 0 aliphatic carbocycles. The van der Waals surface area contributed by atoms with E-state index in [1.807, 2.05) is 13.0 Å². The van der Waals surface area contributed by atoms with E-state index in [0.29, 0.717) is 23.2 Å². The minimum Gasteiger partial charge on any atom is -0.475 e. The zero-order chi connectivity index (χ0) is 24.0. The lowest BCUT2D eigenvalue weighted by Gasteiger charge is -2.28. The van der Waals surface area contributed by atoms with Crippen LogP contribution < -0.4 is 9.47 Å². The topological polar surface area (TPSA) is 77.4 Å². The van der Waals surface area contributed by atoms with Gasteiger partial charge < -0.3 is 14.4 Å². The smallest absolute Gasteiger partial charge is 0.417 e. The Morgan fingerprint density at radius 2 is 1.76 bits per heavy atom. The number of halogens is 3. The molecule has 3 aromatic rings. The number of likely N-dealkylation sites (N-methyl/N-ethyl adjacent to an activating group) is 1. The van der Waals surface area contributed by atoms with Gasteiger partial charge in [-0.3, -0.25) is 4.79 Å². The summed E-state index contributed by atoms with van der Waals surface area (Å²) in [6.45, 7) is 4.09. The summed E-state index contributed by atoms with van der Waals surface area (Å²) < 4.78 is 48.6. The molecule has 0 radical (unpaired) electrons. The summed E-state index contributed by atoms with van der Waals surface area (Å²) in [5, 5.41) is 0. The van der Waals surface area contributed by atoms with Crippen LogP contribution in [-0.4, -0.2) is 52.1 Å². The molecule has 1 amide bonds. The largest absolute Gasteiger partial charge is 0.475 e.